The van der Waals surface area contributed by atoms with E-state index in [9.17, 15) is 4.79 Å². The van der Waals surface area contributed by atoms with Gasteiger partial charge in [-0.15, -0.1) is 0 Å². The summed E-state index contributed by atoms with van der Waals surface area (Å²) in [5, 5.41) is 3.83. The molecule has 1 aromatic heterocycles. The average molecular weight is 226 g/mol. The number of carbonyl (C=O) groups excluding carboxylic acids is 1. The van der Waals surface area contributed by atoms with Crippen LogP contribution in [0.25, 0.3) is 0 Å². The van der Waals surface area contributed by atoms with Crippen LogP contribution in [0, 0.1) is 0 Å². The van der Waals surface area contributed by atoms with Crippen molar-refractivity contribution in [2.45, 2.75) is 0 Å². The van der Waals surface area contributed by atoms with E-state index in [4.69, 9.17) is 0 Å². The number of benzene rings is 1. The Morgan fingerprint density at radius 1 is 1.24 bits per heavy atom. The second-order valence-electron chi connectivity index (χ2n) is 3.20. The Morgan fingerprint density at radius 3 is 2.76 bits per heavy atom. The largest absolute Gasteiger partial charge is 0.291 e. The van der Waals surface area contributed by atoms with Crippen molar-refractivity contribution in [2.24, 2.45) is 5.10 Å². The van der Waals surface area contributed by atoms with E-state index in [1.807, 2.05) is 30.3 Å². The highest BCUT2D eigenvalue weighted by molar-refractivity contribution is 5.92. The number of hydrazone groups is 1. The molecule has 0 aliphatic rings. The molecule has 0 saturated carbocycles. The summed E-state index contributed by atoms with van der Waals surface area (Å²) < 4.78 is 0. The lowest BCUT2D eigenvalue weighted by atomic mass is 10.2. The Labute approximate surface area is 98.2 Å². The predicted octanol–water partition coefficient (Wildman–Crippen LogP) is 1.24. The first-order valence-corrected chi connectivity index (χ1v) is 5.01. The van der Waals surface area contributed by atoms with E-state index >= 15 is 0 Å². The van der Waals surface area contributed by atoms with Crippen molar-refractivity contribution in [2.75, 3.05) is 0 Å². The Morgan fingerprint density at radius 2 is 2.06 bits per heavy atom. The molecular formula is C12H10N4O. The van der Waals surface area contributed by atoms with Crippen LogP contribution in [-0.2, 0) is 0 Å². The van der Waals surface area contributed by atoms with Crippen molar-refractivity contribution in [1.29, 1.82) is 0 Å². The molecule has 0 spiro atoms. The second-order valence-corrected chi connectivity index (χ2v) is 3.20. The number of amides is 1. The average Bonchev–Trinajstić information content (AvgIpc) is 2.41. The van der Waals surface area contributed by atoms with Gasteiger partial charge in [-0.25, -0.2) is 10.4 Å². The minimum Gasteiger partial charge on any atom is -0.265 e. The Bertz CT molecular complexity index is 511. The van der Waals surface area contributed by atoms with Crippen LogP contribution >= 0.6 is 0 Å². The Balaban J connectivity index is 1.95. The van der Waals surface area contributed by atoms with Crippen molar-refractivity contribution in [3.05, 3.63) is 60.2 Å². The quantitative estimate of drug-likeness (QED) is 0.632. The summed E-state index contributed by atoms with van der Waals surface area (Å²) in [6, 6.07) is 9.48. The molecule has 1 heterocycles. The molecule has 1 amide bonds. The molecule has 0 saturated heterocycles. The van der Waals surface area contributed by atoms with E-state index in [1.165, 1.54) is 18.6 Å². The summed E-state index contributed by atoms with van der Waals surface area (Å²) in [6.45, 7) is 0. The fourth-order valence-electron chi connectivity index (χ4n) is 1.18. The van der Waals surface area contributed by atoms with Gasteiger partial charge in [0.15, 0.2) is 0 Å². The van der Waals surface area contributed by atoms with E-state index < -0.39 is 0 Å². The van der Waals surface area contributed by atoms with Gasteiger partial charge in [0.05, 0.1) is 12.4 Å². The summed E-state index contributed by atoms with van der Waals surface area (Å²) in [6.07, 6.45) is 5.90. The number of aromatic nitrogens is 2. The van der Waals surface area contributed by atoms with Crippen molar-refractivity contribution in [3.63, 3.8) is 0 Å². The molecule has 2 aromatic rings. The highest BCUT2D eigenvalue weighted by Gasteiger charge is 2.03. The van der Waals surface area contributed by atoms with Crippen LogP contribution in [0.3, 0.4) is 0 Å². The van der Waals surface area contributed by atoms with Crippen LogP contribution in [0.5, 0.6) is 0 Å². The van der Waals surface area contributed by atoms with Crippen LogP contribution in [0.15, 0.2) is 54.0 Å². The zero-order chi connectivity index (χ0) is 11.9. The molecule has 17 heavy (non-hydrogen) atoms. The Hall–Kier alpha value is -2.56. The fraction of sp³-hybridized carbons (Fsp3) is 0. The zero-order valence-corrected chi connectivity index (χ0v) is 8.95. The number of nitrogens with one attached hydrogen (secondary N) is 1. The van der Waals surface area contributed by atoms with E-state index in [-0.39, 0.29) is 11.6 Å². The highest BCUT2D eigenvalue weighted by atomic mass is 16.2. The first-order chi connectivity index (χ1) is 8.36. The number of rotatable bonds is 3. The molecule has 0 atom stereocenters. The SMILES string of the molecule is O=C(NN=Cc1ccccc1)c1cnccn1. The summed E-state index contributed by atoms with van der Waals surface area (Å²) >= 11 is 0. The maximum Gasteiger partial charge on any atom is 0.291 e. The van der Waals surface area contributed by atoms with Gasteiger partial charge in [-0.2, -0.15) is 5.10 Å². The van der Waals surface area contributed by atoms with E-state index in [1.54, 1.807) is 6.21 Å². The first kappa shape index (κ1) is 10.9. The minimum absolute atomic E-state index is 0.234. The van der Waals surface area contributed by atoms with Crippen LogP contribution in [0.1, 0.15) is 16.1 Å². The molecule has 5 nitrogen and oxygen atoms in total. The lowest BCUT2D eigenvalue weighted by molar-refractivity contribution is 0.0950. The van der Waals surface area contributed by atoms with E-state index in [0.717, 1.165) is 5.56 Å². The molecule has 2 rings (SSSR count). The molecule has 0 fully saturated rings. The maximum atomic E-state index is 11.5. The predicted molar refractivity (Wildman–Crippen MR) is 63.5 cm³/mol. The van der Waals surface area contributed by atoms with Gasteiger partial charge in [0.2, 0.25) is 0 Å². The lowest BCUT2D eigenvalue weighted by Crippen LogP contribution is -2.19. The van der Waals surface area contributed by atoms with Gasteiger partial charge in [-0.3, -0.25) is 9.78 Å². The summed E-state index contributed by atoms with van der Waals surface area (Å²) in [4.78, 5) is 19.2. The standard InChI is InChI=1S/C12H10N4O/c17-12(11-9-13-6-7-14-11)16-15-8-10-4-2-1-3-5-10/h1-9H,(H,16,17). The van der Waals surface area contributed by atoms with Crippen LogP contribution in [-0.4, -0.2) is 22.1 Å². The van der Waals surface area contributed by atoms with Crippen molar-refractivity contribution >= 4 is 12.1 Å². The second kappa shape index (κ2) is 5.50. The van der Waals surface area contributed by atoms with Gasteiger partial charge in [0.1, 0.15) is 5.69 Å². The summed E-state index contributed by atoms with van der Waals surface area (Å²) in [5.74, 6) is -0.384. The number of nitrogens with zero attached hydrogens (tertiary/aromatic N) is 3. The van der Waals surface area contributed by atoms with Gasteiger partial charge in [0, 0.05) is 12.4 Å². The number of carbonyl (C=O) groups is 1. The first-order valence-electron chi connectivity index (χ1n) is 5.01. The molecule has 0 unspecified atom stereocenters. The van der Waals surface area contributed by atoms with Crippen LogP contribution < -0.4 is 5.43 Å². The number of hydrogen-bond donors (Lipinski definition) is 1. The van der Waals surface area contributed by atoms with Gasteiger partial charge >= 0.3 is 0 Å². The zero-order valence-electron chi connectivity index (χ0n) is 8.95. The third kappa shape index (κ3) is 3.20. The van der Waals surface area contributed by atoms with Crippen LogP contribution in [0.4, 0.5) is 0 Å². The van der Waals surface area contributed by atoms with Gasteiger partial charge in [0.25, 0.3) is 5.91 Å². The molecule has 84 valence electrons. The minimum atomic E-state index is -0.384. The molecule has 5 heteroatoms. The molecule has 1 N–H and O–H groups in total. The highest BCUT2D eigenvalue weighted by Crippen LogP contribution is 1.94. The fourth-order valence-corrected chi connectivity index (χ4v) is 1.18. The lowest BCUT2D eigenvalue weighted by Gasteiger charge is -1.97. The monoisotopic (exact) mass is 226 g/mol. The topological polar surface area (TPSA) is 67.2 Å². The normalized spacial score (nSPS) is 10.4. The van der Waals surface area contributed by atoms with Crippen LogP contribution in [0.2, 0.25) is 0 Å². The molecule has 0 aliphatic heterocycles. The van der Waals surface area contributed by atoms with Gasteiger partial charge in [-0.05, 0) is 5.56 Å². The van der Waals surface area contributed by atoms with Gasteiger partial charge in [-0.1, -0.05) is 30.3 Å². The smallest absolute Gasteiger partial charge is 0.265 e. The summed E-state index contributed by atoms with van der Waals surface area (Å²) in [7, 11) is 0. The van der Waals surface area contributed by atoms with Gasteiger partial charge < -0.3 is 0 Å². The number of hydrogen-bond acceptors (Lipinski definition) is 4. The third-order valence-corrected chi connectivity index (χ3v) is 1.98. The molecular weight excluding hydrogens is 216 g/mol. The van der Waals surface area contributed by atoms with E-state index in [2.05, 4.69) is 20.5 Å². The van der Waals surface area contributed by atoms with Crippen molar-refractivity contribution < 1.29 is 4.79 Å². The molecule has 0 aliphatic carbocycles. The maximum absolute atomic E-state index is 11.5. The van der Waals surface area contributed by atoms with E-state index in [0.29, 0.717) is 0 Å². The summed E-state index contributed by atoms with van der Waals surface area (Å²) in [5.41, 5.74) is 3.52. The molecule has 0 bridgehead atoms. The third-order valence-electron chi connectivity index (χ3n) is 1.98. The van der Waals surface area contributed by atoms with Crippen molar-refractivity contribution in [3.8, 4) is 0 Å². The van der Waals surface area contributed by atoms with Crippen molar-refractivity contribution in [1.82, 2.24) is 15.4 Å². The Kier molecular flexibility index (Phi) is 3.54. The molecule has 1 aromatic carbocycles. The molecule has 0 radical (unpaired) electrons.